The molecular formula is C28H48O3Si. The van der Waals surface area contributed by atoms with Gasteiger partial charge in [-0.05, 0) is 110 Å². The average Bonchev–Trinajstić information content (AvgIpc) is 3.06. The molecule has 3 nitrogen and oxygen atoms in total. The van der Waals surface area contributed by atoms with Crippen LogP contribution in [0.5, 0.6) is 0 Å². The Morgan fingerprint density at radius 3 is 2.38 bits per heavy atom. The standard InChI is InChI=1S/C28H48O3Si/c1-26(2,3)32(7,8)31-18-21-10-12-23-22-11-9-20-17-19(25(29)30-6)13-15-27(20,4)24(22)14-16-28(21,23)5/h17,20-24H,9-16,18H2,1-8H3/t20-,21+,22-,23-,24-,27-,28+/m0/s1. The number of carbonyl (C=O) groups is 1. The molecule has 0 N–H and O–H groups in total. The summed E-state index contributed by atoms with van der Waals surface area (Å²) in [6.45, 7) is 18.0. The number of ether oxygens (including phenoxy) is 1. The summed E-state index contributed by atoms with van der Waals surface area (Å²) in [6, 6.07) is 0. The molecule has 0 saturated heterocycles. The van der Waals surface area contributed by atoms with Gasteiger partial charge in [0, 0.05) is 12.2 Å². The summed E-state index contributed by atoms with van der Waals surface area (Å²) in [7, 11) is -0.180. The fourth-order valence-electron chi connectivity index (χ4n) is 8.07. The third-order valence-electron chi connectivity index (χ3n) is 11.4. The highest BCUT2D eigenvalue weighted by Gasteiger charge is 2.59. The smallest absolute Gasteiger partial charge is 0.333 e. The molecule has 32 heavy (non-hydrogen) atoms. The second kappa shape index (κ2) is 8.25. The van der Waals surface area contributed by atoms with E-state index < -0.39 is 8.32 Å². The number of rotatable bonds is 4. The number of esters is 1. The van der Waals surface area contributed by atoms with Crippen LogP contribution in [0.25, 0.3) is 0 Å². The summed E-state index contributed by atoms with van der Waals surface area (Å²) < 4.78 is 11.8. The largest absolute Gasteiger partial charge is 0.466 e. The zero-order valence-electron chi connectivity index (χ0n) is 22.1. The number of fused-ring (bicyclic) bond motifs is 5. The topological polar surface area (TPSA) is 35.5 Å². The Labute approximate surface area is 198 Å². The molecule has 7 atom stereocenters. The third-order valence-corrected chi connectivity index (χ3v) is 15.9. The number of methoxy groups -OCH3 is 1. The first kappa shape index (κ1) is 24.5. The Bertz CT molecular complexity index is 765. The van der Waals surface area contributed by atoms with Gasteiger partial charge in [-0.25, -0.2) is 4.79 Å². The van der Waals surface area contributed by atoms with E-state index in [1.165, 1.54) is 45.6 Å². The van der Waals surface area contributed by atoms with Crippen LogP contribution >= 0.6 is 0 Å². The van der Waals surface area contributed by atoms with Crippen LogP contribution in [-0.4, -0.2) is 28.0 Å². The second-order valence-corrected chi connectivity index (χ2v) is 18.4. The second-order valence-electron chi connectivity index (χ2n) is 13.6. The molecule has 0 aliphatic heterocycles. The van der Waals surface area contributed by atoms with Gasteiger partial charge in [-0.2, -0.15) is 0 Å². The van der Waals surface area contributed by atoms with Crippen LogP contribution in [0.4, 0.5) is 0 Å². The van der Waals surface area contributed by atoms with Gasteiger partial charge in [0.25, 0.3) is 0 Å². The molecule has 3 saturated carbocycles. The molecule has 0 radical (unpaired) electrons. The van der Waals surface area contributed by atoms with E-state index in [-0.39, 0.29) is 11.0 Å². The van der Waals surface area contributed by atoms with Crippen molar-refractivity contribution < 1.29 is 14.0 Å². The molecular weight excluding hydrogens is 412 g/mol. The van der Waals surface area contributed by atoms with Crippen molar-refractivity contribution in [1.29, 1.82) is 0 Å². The maximum absolute atomic E-state index is 12.2. The van der Waals surface area contributed by atoms with Gasteiger partial charge in [-0.1, -0.05) is 40.7 Å². The molecule has 4 heteroatoms. The van der Waals surface area contributed by atoms with Crippen LogP contribution in [0.3, 0.4) is 0 Å². The lowest BCUT2D eigenvalue weighted by Gasteiger charge is -2.60. The van der Waals surface area contributed by atoms with Crippen molar-refractivity contribution in [3.8, 4) is 0 Å². The SMILES string of the molecule is COC(=O)C1=C[C@@H]2CC[C@@H]3[C@H](CC[C@]4(C)[C@@H](CO[Si](C)(C)C(C)(C)C)CC[C@@H]34)[C@@]2(C)CC1. The predicted octanol–water partition coefficient (Wildman–Crippen LogP) is 7.38. The van der Waals surface area contributed by atoms with Gasteiger partial charge in [0.1, 0.15) is 0 Å². The molecule has 4 aliphatic carbocycles. The summed E-state index contributed by atoms with van der Waals surface area (Å²) in [5.41, 5.74) is 1.74. The molecule has 0 unspecified atom stereocenters. The van der Waals surface area contributed by atoms with E-state index >= 15 is 0 Å². The molecule has 0 aromatic carbocycles. The van der Waals surface area contributed by atoms with Crippen molar-refractivity contribution in [3.05, 3.63) is 11.6 Å². The minimum Gasteiger partial charge on any atom is -0.466 e. The Balaban J connectivity index is 1.49. The van der Waals surface area contributed by atoms with E-state index in [1.807, 2.05) is 0 Å². The highest BCUT2D eigenvalue weighted by Crippen LogP contribution is 2.67. The van der Waals surface area contributed by atoms with Crippen LogP contribution < -0.4 is 0 Å². The molecule has 3 fully saturated rings. The molecule has 0 bridgehead atoms. The quantitative estimate of drug-likeness (QED) is 0.324. The Morgan fingerprint density at radius 1 is 1.03 bits per heavy atom. The highest BCUT2D eigenvalue weighted by molar-refractivity contribution is 6.74. The number of allylic oxidation sites excluding steroid dienone is 1. The molecule has 0 heterocycles. The first-order valence-corrected chi connectivity index (χ1v) is 16.2. The minimum absolute atomic E-state index is 0.106. The fraction of sp³-hybridized carbons (Fsp3) is 0.893. The highest BCUT2D eigenvalue weighted by atomic mass is 28.4. The average molecular weight is 461 g/mol. The van der Waals surface area contributed by atoms with E-state index in [0.29, 0.717) is 16.7 Å². The maximum Gasteiger partial charge on any atom is 0.333 e. The van der Waals surface area contributed by atoms with Crippen molar-refractivity contribution in [3.63, 3.8) is 0 Å². The third kappa shape index (κ3) is 3.85. The van der Waals surface area contributed by atoms with Gasteiger partial charge >= 0.3 is 5.97 Å². The molecule has 182 valence electrons. The van der Waals surface area contributed by atoms with Crippen molar-refractivity contribution >= 4 is 14.3 Å². The lowest BCUT2D eigenvalue weighted by atomic mass is 9.45. The number of hydrogen-bond donors (Lipinski definition) is 0. The van der Waals surface area contributed by atoms with Crippen LogP contribution in [0.2, 0.25) is 18.1 Å². The van der Waals surface area contributed by atoms with E-state index in [4.69, 9.17) is 9.16 Å². The molecule has 4 rings (SSSR count). The summed E-state index contributed by atoms with van der Waals surface area (Å²) >= 11 is 0. The first-order valence-electron chi connectivity index (χ1n) is 13.3. The van der Waals surface area contributed by atoms with Crippen LogP contribution in [0, 0.1) is 40.4 Å². The van der Waals surface area contributed by atoms with Crippen molar-refractivity contribution in [2.75, 3.05) is 13.7 Å². The zero-order chi connectivity index (χ0) is 23.5. The monoisotopic (exact) mass is 460 g/mol. The molecule has 4 aliphatic rings. The number of carbonyl (C=O) groups excluding carboxylic acids is 1. The van der Waals surface area contributed by atoms with Crippen LogP contribution in [0.15, 0.2) is 11.6 Å². The Morgan fingerprint density at radius 2 is 1.72 bits per heavy atom. The predicted molar refractivity (Wildman–Crippen MR) is 134 cm³/mol. The fourth-order valence-corrected chi connectivity index (χ4v) is 9.12. The van der Waals surface area contributed by atoms with Gasteiger partial charge in [0.15, 0.2) is 8.32 Å². The van der Waals surface area contributed by atoms with Gasteiger partial charge in [-0.3, -0.25) is 0 Å². The zero-order valence-corrected chi connectivity index (χ0v) is 23.1. The van der Waals surface area contributed by atoms with E-state index in [9.17, 15) is 4.79 Å². The summed E-state index contributed by atoms with van der Waals surface area (Å²) in [5.74, 6) is 3.71. The van der Waals surface area contributed by atoms with Crippen molar-refractivity contribution in [1.82, 2.24) is 0 Å². The molecule has 0 spiro atoms. The molecule has 0 aromatic heterocycles. The Hall–Kier alpha value is -0.613. The van der Waals surface area contributed by atoms with Crippen molar-refractivity contribution in [2.24, 2.45) is 40.4 Å². The van der Waals surface area contributed by atoms with Gasteiger partial charge in [-0.15, -0.1) is 0 Å². The van der Waals surface area contributed by atoms with Crippen LogP contribution in [0.1, 0.15) is 86.0 Å². The van der Waals surface area contributed by atoms with E-state index in [1.54, 1.807) is 0 Å². The first-order chi connectivity index (χ1) is 14.8. The van der Waals surface area contributed by atoms with Crippen LogP contribution in [-0.2, 0) is 14.0 Å². The van der Waals surface area contributed by atoms with Crippen molar-refractivity contribution in [2.45, 2.75) is 104 Å². The molecule has 0 aromatic rings. The lowest BCUT2D eigenvalue weighted by Crippen LogP contribution is -2.53. The summed E-state index contributed by atoms with van der Waals surface area (Å²) in [5, 5.41) is 0.286. The maximum atomic E-state index is 12.2. The van der Waals surface area contributed by atoms with Gasteiger partial charge < -0.3 is 9.16 Å². The van der Waals surface area contributed by atoms with E-state index in [2.05, 4.69) is 53.8 Å². The summed E-state index contributed by atoms with van der Waals surface area (Å²) in [4.78, 5) is 12.2. The normalized spacial score (nSPS) is 41.9. The van der Waals surface area contributed by atoms with E-state index in [0.717, 1.165) is 48.7 Å². The minimum atomic E-state index is -1.70. The van der Waals surface area contributed by atoms with Gasteiger partial charge in [0.05, 0.1) is 7.11 Å². The molecule has 0 amide bonds. The lowest BCUT2D eigenvalue weighted by molar-refractivity contribution is -0.137. The Kier molecular flexibility index (Phi) is 6.32. The van der Waals surface area contributed by atoms with Gasteiger partial charge in [0.2, 0.25) is 0 Å². The summed E-state index contributed by atoms with van der Waals surface area (Å²) in [6.07, 6.45) is 12.4. The number of hydrogen-bond acceptors (Lipinski definition) is 3.